The van der Waals surface area contributed by atoms with E-state index in [2.05, 4.69) is 53.2 Å². The zero-order valence-corrected chi connectivity index (χ0v) is 20.3. The molecule has 2 aliphatic rings. The molecule has 1 saturated carbocycles. The molecule has 2 aromatic carbocycles. The zero-order chi connectivity index (χ0) is 23.5. The van der Waals surface area contributed by atoms with Crippen LogP contribution in [0.3, 0.4) is 0 Å². The average molecular weight is 478 g/mol. The Morgan fingerprint density at radius 2 is 1.85 bits per heavy atom. The smallest absolute Gasteiger partial charge is 0.180 e. The third kappa shape index (κ3) is 5.70. The number of aromatic nitrogens is 1. The molecule has 6 nitrogen and oxygen atoms in total. The number of ketones is 1. The van der Waals surface area contributed by atoms with E-state index in [1.54, 1.807) is 6.20 Å². The lowest BCUT2D eigenvalue weighted by atomic mass is 9.95. The first kappa shape index (κ1) is 22.7. The van der Waals surface area contributed by atoms with Crippen LogP contribution in [0.5, 0.6) is 11.5 Å². The number of hydrogen-bond donors (Lipinski definition) is 1. The van der Waals surface area contributed by atoms with Gasteiger partial charge in [0.05, 0.1) is 24.2 Å². The summed E-state index contributed by atoms with van der Waals surface area (Å²) in [5, 5.41) is 0.429. The predicted molar refractivity (Wildman–Crippen MR) is 136 cm³/mol. The Morgan fingerprint density at radius 1 is 1.12 bits per heavy atom. The van der Waals surface area contributed by atoms with E-state index < -0.39 is 0 Å². The maximum absolute atomic E-state index is 12.4. The van der Waals surface area contributed by atoms with Crippen molar-refractivity contribution in [2.45, 2.75) is 44.6 Å². The lowest BCUT2D eigenvalue weighted by Gasteiger charge is -2.20. The first-order valence-electron chi connectivity index (χ1n) is 12.0. The van der Waals surface area contributed by atoms with Gasteiger partial charge in [-0.05, 0) is 66.6 Å². The van der Waals surface area contributed by atoms with Gasteiger partial charge in [0.25, 0.3) is 0 Å². The van der Waals surface area contributed by atoms with E-state index in [9.17, 15) is 4.79 Å². The second-order valence-corrected chi connectivity index (χ2v) is 10.4. The van der Waals surface area contributed by atoms with Crippen LogP contribution in [0.25, 0.3) is 0 Å². The summed E-state index contributed by atoms with van der Waals surface area (Å²) in [6.07, 6.45) is 5.76. The Balaban J connectivity index is 1.10. The van der Waals surface area contributed by atoms with Crippen molar-refractivity contribution in [3.05, 3.63) is 65.2 Å². The van der Waals surface area contributed by atoms with Gasteiger partial charge >= 0.3 is 0 Å². The molecular weight excluding hydrogens is 446 g/mol. The molecule has 7 heteroatoms. The molecule has 2 atom stereocenters. The van der Waals surface area contributed by atoms with Crippen molar-refractivity contribution in [3.8, 4) is 11.5 Å². The Bertz CT molecular complexity index is 1110. The summed E-state index contributed by atoms with van der Waals surface area (Å²) < 4.78 is 12.1. The number of Topliss-reactive ketones (excluding diaryl/α,β-unsaturated/α-hetero) is 1. The van der Waals surface area contributed by atoms with Crippen LogP contribution in [0.2, 0.25) is 0 Å². The molecular formula is C27H31N3O3S. The number of nitrogens with zero attached hydrogens (tertiary/aromatic N) is 2. The van der Waals surface area contributed by atoms with Crippen LogP contribution in [0.4, 0.5) is 10.8 Å². The molecule has 0 unspecified atom stereocenters. The molecule has 5 rings (SSSR count). The van der Waals surface area contributed by atoms with Crippen LogP contribution in [-0.2, 0) is 0 Å². The second-order valence-electron chi connectivity index (χ2n) is 9.38. The number of rotatable bonds is 10. The molecule has 178 valence electrons. The van der Waals surface area contributed by atoms with Crippen molar-refractivity contribution in [2.24, 2.45) is 5.92 Å². The fraction of sp³-hybridized carbons (Fsp3) is 0.407. The maximum atomic E-state index is 12.4. The largest absolute Gasteiger partial charge is 0.493 e. The average Bonchev–Trinajstić information content (AvgIpc) is 3.39. The number of carbonyl (C=O) groups is 1. The van der Waals surface area contributed by atoms with Gasteiger partial charge in [-0.25, -0.2) is 4.98 Å². The number of nitrogen functional groups attached to an aromatic ring is 1. The first-order chi connectivity index (χ1) is 16.5. The molecule has 1 aliphatic carbocycles. The molecule has 34 heavy (non-hydrogen) atoms. The fourth-order valence-corrected chi connectivity index (χ4v) is 4.92. The van der Waals surface area contributed by atoms with Gasteiger partial charge in [-0.1, -0.05) is 30.4 Å². The van der Waals surface area contributed by atoms with E-state index in [0.717, 1.165) is 49.1 Å². The van der Waals surface area contributed by atoms with Gasteiger partial charge in [-0.15, -0.1) is 0 Å². The minimum absolute atomic E-state index is 0.0792. The molecule has 1 saturated heterocycles. The first-order valence-corrected chi connectivity index (χ1v) is 12.8. The van der Waals surface area contributed by atoms with Crippen molar-refractivity contribution in [1.82, 2.24) is 4.98 Å². The molecule has 0 radical (unpaired) electrons. The summed E-state index contributed by atoms with van der Waals surface area (Å²) in [4.78, 5) is 19.4. The fourth-order valence-electron chi connectivity index (χ4n) is 4.29. The highest BCUT2D eigenvalue weighted by atomic mass is 32.1. The van der Waals surface area contributed by atoms with Crippen molar-refractivity contribution < 1.29 is 14.3 Å². The van der Waals surface area contributed by atoms with Crippen LogP contribution in [0, 0.1) is 5.92 Å². The summed E-state index contributed by atoms with van der Waals surface area (Å²) in [7, 11) is 0. The minimum Gasteiger partial charge on any atom is -0.493 e. The third-order valence-corrected chi connectivity index (χ3v) is 7.44. The Hall–Kier alpha value is -3.06. The molecule has 0 amide bonds. The zero-order valence-electron chi connectivity index (χ0n) is 19.5. The lowest BCUT2D eigenvalue weighted by molar-refractivity contribution is 0.0979. The van der Waals surface area contributed by atoms with E-state index in [1.807, 2.05) is 12.1 Å². The molecule has 0 spiro atoms. The van der Waals surface area contributed by atoms with Crippen molar-refractivity contribution in [1.29, 1.82) is 0 Å². The summed E-state index contributed by atoms with van der Waals surface area (Å²) in [5.74, 6) is 2.78. The van der Waals surface area contributed by atoms with E-state index >= 15 is 0 Å². The summed E-state index contributed by atoms with van der Waals surface area (Å²) in [6, 6.07) is 16.6. The van der Waals surface area contributed by atoms with Crippen LogP contribution < -0.4 is 20.1 Å². The van der Waals surface area contributed by atoms with Gasteiger partial charge in [-0.3, -0.25) is 4.79 Å². The van der Waals surface area contributed by atoms with Crippen molar-refractivity contribution in [2.75, 3.05) is 30.3 Å². The van der Waals surface area contributed by atoms with Crippen LogP contribution >= 0.6 is 11.3 Å². The standard InChI is InChI=1S/C27H31N3O3S/c1-18(14-25(31)26-15-29-27(28)34-26)20-4-8-23(9-5-20)33-24-12-13-30(16-24)21-6-10-22(11-7-21)32-17-19-2-3-19/h4-11,15,18-19,24H,2-3,12-14,16-17H2,1H3,(H2,28,29)/t18-,24-/m1/s1. The van der Waals surface area contributed by atoms with Gasteiger partial charge in [-0.2, -0.15) is 0 Å². The number of benzene rings is 2. The molecule has 2 N–H and O–H groups in total. The molecule has 1 aliphatic heterocycles. The monoisotopic (exact) mass is 477 g/mol. The summed E-state index contributed by atoms with van der Waals surface area (Å²) >= 11 is 1.24. The van der Waals surface area contributed by atoms with Gasteiger partial charge < -0.3 is 20.1 Å². The van der Waals surface area contributed by atoms with Crippen LogP contribution in [0.1, 0.15) is 53.8 Å². The number of nitrogens with two attached hydrogens (primary N) is 1. The number of hydrogen-bond acceptors (Lipinski definition) is 7. The SMILES string of the molecule is C[C@H](CC(=O)c1cnc(N)s1)c1ccc(O[C@@H]2CCN(c3ccc(OCC4CC4)cc3)C2)cc1. The van der Waals surface area contributed by atoms with E-state index in [4.69, 9.17) is 15.2 Å². The molecule has 2 fully saturated rings. The molecule has 0 bridgehead atoms. The number of ether oxygens (including phenoxy) is 2. The normalized spacial score (nSPS) is 18.6. The number of thiazole rings is 1. The summed E-state index contributed by atoms with van der Waals surface area (Å²) in [6.45, 7) is 4.75. The summed E-state index contributed by atoms with van der Waals surface area (Å²) in [5.41, 5.74) is 7.97. The van der Waals surface area contributed by atoms with Gasteiger partial charge in [0.2, 0.25) is 0 Å². The topological polar surface area (TPSA) is 77.7 Å². The number of carbonyl (C=O) groups excluding carboxylic acids is 1. The molecule has 2 heterocycles. The Labute approximate surface area is 204 Å². The van der Waals surface area contributed by atoms with Gasteiger partial charge in [0.15, 0.2) is 10.9 Å². The van der Waals surface area contributed by atoms with Crippen LogP contribution in [-0.4, -0.2) is 36.6 Å². The van der Waals surface area contributed by atoms with Gasteiger partial charge in [0, 0.05) is 25.1 Å². The van der Waals surface area contributed by atoms with E-state index in [0.29, 0.717) is 16.4 Å². The molecule has 3 aromatic rings. The van der Waals surface area contributed by atoms with Crippen LogP contribution in [0.15, 0.2) is 54.7 Å². The predicted octanol–water partition coefficient (Wildman–Crippen LogP) is 5.55. The van der Waals surface area contributed by atoms with Gasteiger partial charge in [0.1, 0.15) is 17.6 Å². The second kappa shape index (κ2) is 10.1. The third-order valence-electron chi connectivity index (χ3n) is 6.57. The minimum atomic E-state index is 0.0792. The maximum Gasteiger partial charge on any atom is 0.180 e. The van der Waals surface area contributed by atoms with Crippen molar-refractivity contribution in [3.63, 3.8) is 0 Å². The highest BCUT2D eigenvalue weighted by Gasteiger charge is 2.25. The molecule has 1 aromatic heterocycles. The number of anilines is 2. The van der Waals surface area contributed by atoms with E-state index in [1.165, 1.54) is 29.9 Å². The lowest BCUT2D eigenvalue weighted by Crippen LogP contribution is -2.24. The Morgan fingerprint density at radius 3 is 2.53 bits per heavy atom. The Kier molecular flexibility index (Phi) is 6.72. The quantitative estimate of drug-likeness (QED) is 0.386. The highest BCUT2D eigenvalue weighted by molar-refractivity contribution is 7.17. The van der Waals surface area contributed by atoms with Crippen molar-refractivity contribution >= 4 is 27.9 Å². The van der Waals surface area contributed by atoms with E-state index in [-0.39, 0.29) is 17.8 Å². The highest BCUT2D eigenvalue weighted by Crippen LogP contribution is 2.31.